The van der Waals surface area contributed by atoms with Crippen molar-refractivity contribution in [3.63, 3.8) is 0 Å². The summed E-state index contributed by atoms with van der Waals surface area (Å²) in [5, 5.41) is 13.6. The fourth-order valence-electron chi connectivity index (χ4n) is 2.01. The van der Waals surface area contributed by atoms with Crippen molar-refractivity contribution in [1.29, 1.82) is 0 Å². The summed E-state index contributed by atoms with van der Waals surface area (Å²) in [5.41, 5.74) is 1.14. The van der Waals surface area contributed by atoms with Gasteiger partial charge in [0.05, 0.1) is 28.3 Å². The first-order valence-electron chi connectivity index (χ1n) is 6.33. The lowest BCUT2D eigenvalue weighted by Crippen LogP contribution is -2.14. The van der Waals surface area contributed by atoms with Crippen LogP contribution in [0.5, 0.6) is 5.75 Å². The minimum Gasteiger partial charge on any atom is -0.496 e. The minimum atomic E-state index is -0.556. The SMILES string of the molecule is COc1c(C)cccc1C(=O)Nc1cc([N+](=O)[O-])ccc1Cl. The molecule has 7 heteroatoms. The highest BCUT2D eigenvalue weighted by molar-refractivity contribution is 6.34. The Hall–Kier alpha value is -2.60. The Bertz CT molecular complexity index is 746. The van der Waals surface area contributed by atoms with Crippen molar-refractivity contribution >= 4 is 28.9 Å². The fourth-order valence-corrected chi connectivity index (χ4v) is 2.18. The summed E-state index contributed by atoms with van der Waals surface area (Å²) in [6, 6.07) is 8.99. The predicted octanol–water partition coefficient (Wildman–Crippen LogP) is 3.82. The summed E-state index contributed by atoms with van der Waals surface area (Å²) in [7, 11) is 1.47. The molecule has 1 N–H and O–H groups in total. The lowest BCUT2D eigenvalue weighted by Gasteiger charge is -2.12. The fraction of sp³-hybridized carbons (Fsp3) is 0.133. The van der Waals surface area contributed by atoms with Crippen LogP contribution in [0.1, 0.15) is 15.9 Å². The molecule has 114 valence electrons. The molecule has 0 aliphatic heterocycles. The third-order valence-corrected chi connectivity index (χ3v) is 3.40. The van der Waals surface area contributed by atoms with Gasteiger partial charge in [0.2, 0.25) is 0 Å². The van der Waals surface area contributed by atoms with Crippen LogP contribution < -0.4 is 10.1 Å². The molecule has 1 amide bonds. The molecule has 0 unspecified atom stereocenters. The Labute approximate surface area is 131 Å². The monoisotopic (exact) mass is 320 g/mol. The molecule has 2 rings (SSSR count). The standard InChI is InChI=1S/C15H13ClN2O4/c1-9-4-3-5-11(14(9)22-2)15(19)17-13-8-10(18(20)21)6-7-12(13)16/h3-8H,1-2H3,(H,17,19). The van der Waals surface area contributed by atoms with E-state index in [1.165, 1.54) is 25.3 Å². The number of carbonyl (C=O) groups excluding carboxylic acids is 1. The van der Waals surface area contributed by atoms with E-state index >= 15 is 0 Å². The second-order valence-corrected chi connectivity index (χ2v) is 4.94. The van der Waals surface area contributed by atoms with Crippen LogP contribution in [-0.2, 0) is 0 Å². The molecule has 0 heterocycles. The van der Waals surface area contributed by atoms with Crippen molar-refractivity contribution in [3.05, 3.63) is 62.7 Å². The molecular formula is C15H13ClN2O4. The third kappa shape index (κ3) is 3.17. The molecule has 0 atom stereocenters. The number of non-ortho nitro benzene ring substituents is 1. The molecule has 0 saturated heterocycles. The quantitative estimate of drug-likeness (QED) is 0.686. The van der Waals surface area contributed by atoms with E-state index in [-0.39, 0.29) is 16.4 Å². The summed E-state index contributed by atoms with van der Waals surface area (Å²) >= 11 is 5.97. The van der Waals surface area contributed by atoms with Crippen molar-refractivity contribution in [1.82, 2.24) is 0 Å². The number of rotatable bonds is 4. The summed E-state index contributed by atoms with van der Waals surface area (Å²) in [6.07, 6.45) is 0. The number of para-hydroxylation sites is 1. The Kier molecular flexibility index (Phi) is 4.62. The van der Waals surface area contributed by atoms with Crippen LogP contribution in [0.3, 0.4) is 0 Å². The number of hydrogen-bond acceptors (Lipinski definition) is 4. The number of nitro benzene ring substituents is 1. The number of aryl methyl sites for hydroxylation is 1. The molecule has 0 fully saturated rings. The predicted molar refractivity (Wildman–Crippen MR) is 83.8 cm³/mol. The molecule has 2 aromatic carbocycles. The van der Waals surface area contributed by atoms with Crippen molar-refractivity contribution in [2.45, 2.75) is 6.92 Å². The molecule has 0 radical (unpaired) electrons. The zero-order valence-electron chi connectivity index (χ0n) is 11.9. The first-order chi connectivity index (χ1) is 10.4. The van der Waals surface area contributed by atoms with Crippen LogP contribution in [-0.4, -0.2) is 17.9 Å². The number of hydrogen-bond donors (Lipinski definition) is 1. The van der Waals surface area contributed by atoms with Gasteiger partial charge in [-0.05, 0) is 24.6 Å². The number of nitrogens with zero attached hydrogens (tertiary/aromatic N) is 1. The molecular weight excluding hydrogens is 308 g/mol. The second kappa shape index (κ2) is 6.44. The van der Waals surface area contributed by atoms with E-state index in [1.54, 1.807) is 12.1 Å². The Morgan fingerprint density at radius 2 is 2.05 bits per heavy atom. The number of methoxy groups -OCH3 is 1. The van der Waals surface area contributed by atoms with Crippen LogP contribution in [0.25, 0.3) is 0 Å². The molecule has 0 aliphatic rings. The molecule has 0 aliphatic carbocycles. The zero-order valence-corrected chi connectivity index (χ0v) is 12.7. The van der Waals surface area contributed by atoms with E-state index in [0.717, 1.165) is 5.56 Å². The van der Waals surface area contributed by atoms with Gasteiger partial charge in [0.15, 0.2) is 0 Å². The van der Waals surface area contributed by atoms with Gasteiger partial charge in [-0.3, -0.25) is 14.9 Å². The number of amides is 1. The molecule has 0 spiro atoms. The molecule has 6 nitrogen and oxygen atoms in total. The van der Waals surface area contributed by atoms with E-state index < -0.39 is 10.8 Å². The van der Waals surface area contributed by atoms with Crippen LogP contribution in [0.4, 0.5) is 11.4 Å². The number of carbonyl (C=O) groups is 1. The Morgan fingerprint density at radius 3 is 2.68 bits per heavy atom. The molecule has 0 aromatic heterocycles. The first-order valence-corrected chi connectivity index (χ1v) is 6.70. The van der Waals surface area contributed by atoms with Gasteiger partial charge in [-0.25, -0.2) is 0 Å². The number of benzene rings is 2. The third-order valence-electron chi connectivity index (χ3n) is 3.07. The van der Waals surface area contributed by atoms with Gasteiger partial charge in [-0.1, -0.05) is 23.7 Å². The van der Waals surface area contributed by atoms with Gasteiger partial charge in [0.1, 0.15) is 5.75 Å². The summed E-state index contributed by atoms with van der Waals surface area (Å²) < 4.78 is 5.23. The van der Waals surface area contributed by atoms with Crippen molar-refractivity contribution in [2.75, 3.05) is 12.4 Å². The van der Waals surface area contributed by atoms with Gasteiger partial charge < -0.3 is 10.1 Å². The topological polar surface area (TPSA) is 81.5 Å². The Balaban J connectivity index is 2.35. The highest BCUT2D eigenvalue weighted by Crippen LogP contribution is 2.29. The summed E-state index contributed by atoms with van der Waals surface area (Å²) in [5.74, 6) is -0.00972. The van der Waals surface area contributed by atoms with Gasteiger partial charge in [0, 0.05) is 12.1 Å². The van der Waals surface area contributed by atoms with E-state index in [9.17, 15) is 14.9 Å². The maximum atomic E-state index is 12.4. The average molecular weight is 321 g/mol. The molecule has 0 saturated carbocycles. The van der Waals surface area contributed by atoms with E-state index in [2.05, 4.69) is 5.32 Å². The lowest BCUT2D eigenvalue weighted by atomic mass is 10.1. The summed E-state index contributed by atoms with van der Waals surface area (Å²) in [4.78, 5) is 22.6. The summed E-state index contributed by atoms with van der Waals surface area (Å²) in [6.45, 7) is 1.82. The number of ether oxygens (including phenoxy) is 1. The first kappa shape index (κ1) is 15.8. The van der Waals surface area contributed by atoms with Crippen molar-refractivity contribution < 1.29 is 14.5 Å². The molecule has 0 bridgehead atoms. The minimum absolute atomic E-state index is 0.157. The maximum absolute atomic E-state index is 12.4. The van der Waals surface area contributed by atoms with Crippen LogP contribution in [0.15, 0.2) is 36.4 Å². The number of nitrogens with one attached hydrogen (secondary N) is 1. The van der Waals surface area contributed by atoms with Crippen molar-refractivity contribution in [2.24, 2.45) is 0 Å². The number of nitro groups is 1. The second-order valence-electron chi connectivity index (χ2n) is 4.53. The largest absolute Gasteiger partial charge is 0.496 e. The van der Waals surface area contributed by atoms with Gasteiger partial charge in [0.25, 0.3) is 11.6 Å². The van der Waals surface area contributed by atoms with E-state index in [0.29, 0.717) is 11.3 Å². The van der Waals surface area contributed by atoms with Crippen LogP contribution in [0, 0.1) is 17.0 Å². The molecule has 22 heavy (non-hydrogen) atoms. The van der Waals surface area contributed by atoms with Gasteiger partial charge in [-0.2, -0.15) is 0 Å². The van der Waals surface area contributed by atoms with Crippen LogP contribution in [0.2, 0.25) is 5.02 Å². The van der Waals surface area contributed by atoms with E-state index in [1.807, 2.05) is 13.0 Å². The highest BCUT2D eigenvalue weighted by atomic mass is 35.5. The van der Waals surface area contributed by atoms with Crippen molar-refractivity contribution in [3.8, 4) is 5.75 Å². The Morgan fingerprint density at radius 1 is 1.32 bits per heavy atom. The number of halogens is 1. The smallest absolute Gasteiger partial charge is 0.271 e. The van der Waals surface area contributed by atoms with Gasteiger partial charge >= 0.3 is 0 Å². The highest BCUT2D eigenvalue weighted by Gasteiger charge is 2.17. The number of anilines is 1. The van der Waals surface area contributed by atoms with E-state index in [4.69, 9.17) is 16.3 Å². The average Bonchev–Trinajstić information content (AvgIpc) is 2.48. The zero-order chi connectivity index (χ0) is 16.3. The van der Waals surface area contributed by atoms with Gasteiger partial charge in [-0.15, -0.1) is 0 Å². The van der Waals surface area contributed by atoms with Crippen LogP contribution >= 0.6 is 11.6 Å². The normalized spacial score (nSPS) is 10.1. The molecule has 2 aromatic rings. The lowest BCUT2D eigenvalue weighted by molar-refractivity contribution is -0.384. The maximum Gasteiger partial charge on any atom is 0.271 e.